The summed E-state index contributed by atoms with van der Waals surface area (Å²) < 4.78 is 10.8. The Labute approximate surface area is 182 Å². The number of rotatable bonds is 6. The molecule has 29 heavy (non-hydrogen) atoms. The molecule has 1 aromatic carbocycles. The van der Waals surface area contributed by atoms with Crippen LogP contribution in [0.2, 0.25) is 0 Å². The first-order chi connectivity index (χ1) is 13.9. The Kier molecular flexibility index (Phi) is 6.15. The van der Waals surface area contributed by atoms with Crippen LogP contribution in [0, 0.1) is 0 Å². The van der Waals surface area contributed by atoms with Gasteiger partial charge in [-0.25, -0.2) is 9.97 Å². The van der Waals surface area contributed by atoms with Gasteiger partial charge in [0, 0.05) is 22.4 Å². The minimum Gasteiger partial charge on any atom is -0.468 e. The van der Waals surface area contributed by atoms with Gasteiger partial charge in [0.15, 0.2) is 5.16 Å². The zero-order valence-corrected chi connectivity index (χ0v) is 19.0. The Bertz CT molecular complexity index is 1030. The average Bonchev–Trinajstić information content (AvgIpc) is 3.07. The molecule has 0 N–H and O–H groups in total. The van der Waals surface area contributed by atoms with Gasteiger partial charge in [0.25, 0.3) is 0 Å². The van der Waals surface area contributed by atoms with E-state index < -0.39 is 0 Å². The van der Waals surface area contributed by atoms with Gasteiger partial charge in [-0.15, -0.1) is 11.3 Å². The number of nitrogens with zero attached hydrogens (tertiary/aromatic N) is 2. The molecule has 152 valence electrons. The number of methoxy groups -OCH3 is 1. The van der Waals surface area contributed by atoms with E-state index in [1.807, 2.05) is 18.2 Å². The van der Waals surface area contributed by atoms with Gasteiger partial charge in [0.1, 0.15) is 9.86 Å². The lowest BCUT2D eigenvalue weighted by Gasteiger charge is -2.30. The fourth-order valence-corrected chi connectivity index (χ4v) is 6.14. The molecule has 0 aliphatic carbocycles. The van der Waals surface area contributed by atoms with Gasteiger partial charge in [0.2, 0.25) is 0 Å². The highest BCUT2D eigenvalue weighted by Crippen LogP contribution is 2.42. The third kappa shape index (κ3) is 4.77. The summed E-state index contributed by atoms with van der Waals surface area (Å²) in [7, 11) is 1.41. The molecular weight excluding hydrogens is 424 g/mol. The molecule has 8 heteroatoms. The number of thioether (sulfide) groups is 2. The maximum Gasteiger partial charge on any atom is 0.316 e. The highest BCUT2D eigenvalue weighted by Gasteiger charge is 2.31. The highest BCUT2D eigenvalue weighted by molar-refractivity contribution is 8.00. The second-order valence-corrected chi connectivity index (χ2v) is 10.3. The molecule has 4 rings (SSSR count). The first-order valence-electron chi connectivity index (χ1n) is 9.28. The molecule has 0 spiro atoms. The summed E-state index contributed by atoms with van der Waals surface area (Å²) in [5.74, 6) is 0.776. The second kappa shape index (κ2) is 8.63. The zero-order chi connectivity index (χ0) is 20.4. The van der Waals surface area contributed by atoms with E-state index in [4.69, 9.17) is 19.4 Å². The van der Waals surface area contributed by atoms with Crippen LogP contribution < -0.4 is 0 Å². The molecule has 2 aromatic heterocycles. The van der Waals surface area contributed by atoms with Crippen molar-refractivity contribution in [2.45, 2.75) is 48.4 Å². The summed E-state index contributed by atoms with van der Waals surface area (Å²) in [4.78, 5) is 23.6. The van der Waals surface area contributed by atoms with E-state index in [9.17, 15) is 4.79 Å². The van der Waals surface area contributed by atoms with Crippen molar-refractivity contribution in [3.63, 3.8) is 0 Å². The van der Waals surface area contributed by atoms with Crippen molar-refractivity contribution in [1.82, 2.24) is 9.97 Å². The fourth-order valence-electron chi connectivity index (χ4n) is 3.17. The van der Waals surface area contributed by atoms with Gasteiger partial charge >= 0.3 is 5.97 Å². The molecule has 0 saturated heterocycles. The van der Waals surface area contributed by atoms with Crippen molar-refractivity contribution < 1.29 is 14.3 Å². The first-order valence-corrected chi connectivity index (χ1v) is 12.1. The van der Waals surface area contributed by atoms with Gasteiger partial charge in [0.05, 0.1) is 25.1 Å². The summed E-state index contributed by atoms with van der Waals surface area (Å²) in [5.41, 5.74) is 2.27. The van der Waals surface area contributed by atoms with Crippen molar-refractivity contribution in [3.05, 3.63) is 46.3 Å². The van der Waals surface area contributed by atoms with Crippen LogP contribution in [0.15, 0.2) is 40.5 Å². The van der Waals surface area contributed by atoms with E-state index in [0.29, 0.717) is 6.61 Å². The number of ether oxygens (including phenoxy) is 2. The second-order valence-electron chi connectivity index (χ2n) is 7.36. The van der Waals surface area contributed by atoms with Crippen molar-refractivity contribution in [3.8, 4) is 0 Å². The SMILES string of the molecule is COC(=O)CSc1nc(SCc2ccccc2)nc2sc3c(c12)CC(C)(C)OC3. The van der Waals surface area contributed by atoms with Crippen LogP contribution in [0.25, 0.3) is 10.2 Å². The maximum atomic E-state index is 11.7. The molecule has 0 radical (unpaired) electrons. The summed E-state index contributed by atoms with van der Waals surface area (Å²) in [6.07, 6.45) is 0.813. The third-order valence-corrected chi connectivity index (χ3v) is 7.61. The summed E-state index contributed by atoms with van der Waals surface area (Å²) in [5, 5.41) is 2.65. The van der Waals surface area contributed by atoms with Crippen LogP contribution in [-0.2, 0) is 33.0 Å². The number of aromatic nitrogens is 2. The number of hydrogen-bond donors (Lipinski definition) is 0. The number of hydrogen-bond acceptors (Lipinski definition) is 8. The van der Waals surface area contributed by atoms with Crippen LogP contribution in [0.5, 0.6) is 0 Å². The predicted octanol–water partition coefficient (Wildman–Crippen LogP) is 5.10. The number of esters is 1. The van der Waals surface area contributed by atoms with E-state index in [-0.39, 0.29) is 17.3 Å². The number of carbonyl (C=O) groups excluding carboxylic acids is 1. The minimum absolute atomic E-state index is 0.216. The molecule has 0 fully saturated rings. The van der Waals surface area contributed by atoms with Gasteiger partial charge in [-0.3, -0.25) is 4.79 Å². The molecule has 1 aliphatic heterocycles. The largest absolute Gasteiger partial charge is 0.468 e. The standard InChI is InChI=1S/C21H22N2O3S3/c1-21(2)9-14-15(10-26-21)29-19-17(14)18(27-12-16(24)25-3)22-20(23-19)28-11-13-7-5-4-6-8-13/h4-8H,9-12H2,1-3H3. The molecule has 0 bridgehead atoms. The first kappa shape index (κ1) is 20.7. The Morgan fingerprint density at radius 1 is 1.24 bits per heavy atom. The van der Waals surface area contributed by atoms with Crippen LogP contribution in [0.1, 0.15) is 29.9 Å². The molecule has 0 unspecified atom stereocenters. The van der Waals surface area contributed by atoms with Crippen LogP contribution in [0.4, 0.5) is 0 Å². The van der Waals surface area contributed by atoms with E-state index in [2.05, 4.69) is 26.0 Å². The van der Waals surface area contributed by atoms with Gasteiger partial charge in [-0.1, -0.05) is 53.9 Å². The predicted molar refractivity (Wildman–Crippen MR) is 119 cm³/mol. The van der Waals surface area contributed by atoms with E-state index in [1.165, 1.54) is 34.9 Å². The number of benzene rings is 1. The Morgan fingerprint density at radius 3 is 2.79 bits per heavy atom. The van der Waals surface area contributed by atoms with E-state index >= 15 is 0 Å². The lowest BCUT2D eigenvalue weighted by Crippen LogP contribution is -2.31. The van der Waals surface area contributed by atoms with Crippen molar-refractivity contribution in [2.24, 2.45) is 0 Å². The summed E-state index contributed by atoms with van der Waals surface area (Å²) in [6.45, 7) is 4.80. The van der Waals surface area contributed by atoms with Gasteiger partial charge in [-0.2, -0.15) is 0 Å². The number of fused-ring (bicyclic) bond motifs is 3. The molecular formula is C21H22N2O3S3. The van der Waals surface area contributed by atoms with Crippen LogP contribution in [0.3, 0.4) is 0 Å². The van der Waals surface area contributed by atoms with Crippen LogP contribution >= 0.6 is 34.9 Å². The third-order valence-electron chi connectivity index (χ3n) is 4.64. The molecule has 3 aromatic rings. The smallest absolute Gasteiger partial charge is 0.316 e. The minimum atomic E-state index is -0.256. The van der Waals surface area contributed by atoms with Crippen LogP contribution in [-0.4, -0.2) is 34.4 Å². The van der Waals surface area contributed by atoms with Gasteiger partial charge in [-0.05, 0) is 25.0 Å². The normalized spacial score (nSPS) is 15.3. The number of carbonyl (C=O) groups is 1. The monoisotopic (exact) mass is 446 g/mol. The van der Waals surface area contributed by atoms with Crippen molar-refractivity contribution >= 4 is 51.0 Å². The Hall–Kier alpha value is -1.61. The lowest BCUT2D eigenvalue weighted by atomic mass is 9.95. The quantitative estimate of drug-likeness (QED) is 0.226. The fraction of sp³-hybridized carbons (Fsp3) is 0.381. The molecule has 0 atom stereocenters. The maximum absolute atomic E-state index is 11.7. The lowest BCUT2D eigenvalue weighted by molar-refractivity contribution is -0.137. The zero-order valence-electron chi connectivity index (χ0n) is 16.6. The Morgan fingerprint density at radius 2 is 2.03 bits per heavy atom. The molecule has 3 heterocycles. The Balaban J connectivity index is 1.70. The van der Waals surface area contributed by atoms with Gasteiger partial charge < -0.3 is 9.47 Å². The topological polar surface area (TPSA) is 61.3 Å². The molecule has 5 nitrogen and oxygen atoms in total. The number of thiophene rings is 1. The molecule has 1 aliphatic rings. The van der Waals surface area contributed by atoms with Crippen molar-refractivity contribution in [1.29, 1.82) is 0 Å². The average molecular weight is 447 g/mol. The van der Waals surface area contributed by atoms with E-state index in [1.54, 1.807) is 23.1 Å². The molecule has 0 saturated carbocycles. The summed E-state index contributed by atoms with van der Waals surface area (Å²) >= 11 is 4.71. The van der Waals surface area contributed by atoms with Crippen molar-refractivity contribution in [2.75, 3.05) is 12.9 Å². The molecule has 0 amide bonds. The summed E-state index contributed by atoms with van der Waals surface area (Å²) in [6, 6.07) is 10.3. The highest BCUT2D eigenvalue weighted by atomic mass is 32.2. The van der Waals surface area contributed by atoms with E-state index in [0.717, 1.165) is 32.6 Å².